The number of hydrogen-bond donors (Lipinski definition) is 0. The second-order valence-electron chi connectivity index (χ2n) is 5.93. The Morgan fingerprint density at radius 3 is 2.62 bits per heavy atom. The van der Waals surface area contributed by atoms with Crippen molar-refractivity contribution in [3.63, 3.8) is 0 Å². The van der Waals surface area contributed by atoms with Crippen molar-refractivity contribution >= 4 is 40.5 Å². The average molecular weight is 505 g/mol. The molecule has 6 nitrogen and oxygen atoms in total. The predicted octanol–water partition coefficient (Wildman–Crippen LogP) is 4.61. The lowest BCUT2D eigenvalue weighted by molar-refractivity contribution is -0.129. The van der Waals surface area contributed by atoms with Crippen LogP contribution in [0.2, 0.25) is 0 Å². The Hall–Kier alpha value is -2.81. The number of carbonyl (C=O) groups is 1. The Kier molecular flexibility index (Phi) is 6.92. The van der Waals surface area contributed by atoms with Crippen LogP contribution in [-0.2, 0) is 9.53 Å². The largest absolute Gasteiger partial charge is 0.497 e. The van der Waals surface area contributed by atoms with E-state index in [0.29, 0.717) is 36.0 Å². The number of cyclic esters (lactones) is 1. The van der Waals surface area contributed by atoms with Gasteiger partial charge in [-0.1, -0.05) is 12.7 Å². The van der Waals surface area contributed by atoms with Crippen molar-refractivity contribution < 1.29 is 23.7 Å². The average Bonchev–Trinajstić information content (AvgIpc) is 3.08. The highest BCUT2D eigenvalue weighted by Gasteiger charge is 2.24. The summed E-state index contributed by atoms with van der Waals surface area (Å²) in [6.07, 6.45) is 3.34. The Balaban J connectivity index is 1.92. The molecule has 0 saturated heterocycles. The Morgan fingerprint density at radius 1 is 1.21 bits per heavy atom. The van der Waals surface area contributed by atoms with Gasteiger partial charge in [-0.15, -0.1) is 0 Å². The highest BCUT2D eigenvalue weighted by atomic mass is 127. The third-order valence-electron chi connectivity index (χ3n) is 3.94. The highest BCUT2D eigenvalue weighted by molar-refractivity contribution is 14.1. The maximum absolute atomic E-state index is 12.3. The molecule has 0 atom stereocenters. The van der Waals surface area contributed by atoms with Crippen molar-refractivity contribution in [1.82, 2.24) is 0 Å². The number of aliphatic imine (C=N–C) groups is 1. The lowest BCUT2D eigenvalue weighted by Crippen LogP contribution is -2.05. The summed E-state index contributed by atoms with van der Waals surface area (Å²) in [6.45, 7) is 6.43. The number of halogens is 1. The molecule has 0 saturated carbocycles. The Morgan fingerprint density at radius 2 is 1.97 bits per heavy atom. The molecule has 3 rings (SSSR count). The summed E-state index contributed by atoms with van der Waals surface area (Å²) in [7, 11) is 1.59. The van der Waals surface area contributed by atoms with E-state index < -0.39 is 5.97 Å². The molecule has 2 aromatic rings. The van der Waals surface area contributed by atoms with E-state index in [1.807, 2.05) is 19.1 Å². The first-order valence-electron chi connectivity index (χ1n) is 8.92. The van der Waals surface area contributed by atoms with Gasteiger partial charge >= 0.3 is 5.97 Å². The summed E-state index contributed by atoms with van der Waals surface area (Å²) in [5.74, 6) is 1.71. The Bertz CT molecular complexity index is 979. The van der Waals surface area contributed by atoms with Crippen molar-refractivity contribution in [1.29, 1.82) is 0 Å². The number of esters is 1. The second-order valence-corrected chi connectivity index (χ2v) is 7.09. The molecule has 0 unspecified atom stereocenters. The molecule has 0 N–H and O–H groups in total. The van der Waals surface area contributed by atoms with E-state index in [4.69, 9.17) is 18.9 Å². The first-order chi connectivity index (χ1) is 14.0. The molecular formula is C22H20INO5. The van der Waals surface area contributed by atoms with Crippen LogP contribution in [0.15, 0.2) is 59.7 Å². The van der Waals surface area contributed by atoms with Crippen LogP contribution in [0, 0.1) is 3.57 Å². The summed E-state index contributed by atoms with van der Waals surface area (Å²) in [5.41, 5.74) is 1.67. The summed E-state index contributed by atoms with van der Waals surface area (Å²) in [4.78, 5) is 16.6. The van der Waals surface area contributed by atoms with E-state index in [1.54, 1.807) is 43.5 Å². The summed E-state index contributed by atoms with van der Waals surface area (Å²) >= 11 is 2.17. The molecule has 150 valence electrons. The molecule has 1 aliphatic heterocycles. The van der Waals surface area contributed by atoms with E-state index in [-0.39, 0.29) is 11.6 Å². The second kappa shape index (κ2) is 9.60. The fourth-order valence-corrected chi connectivity index (χ4v) is 3.42. The van der Waals surface area contributed by atoms with Crippen molar-refractivity contribution in [3.8, 4) is 17.2 Å². The molecule has 0 fully saturated rings. The molecule has 0 amide bonds. The third-order valence-corrected chi connectivity index (χ3v) is 4.74. The van der Waals surface area contributed by atoms with Gasteiger partial charge in [0.15, 0.2) is 17.2 Å². The monoisotopic (exact) mass is 505 g/mol. The maximum Gasteiger partial charge on any atom is 0.363 e. The number of rotatable bonds is 8. The normalized spacial score (nSPS) is 14.4. The number of nitrogens with zero attached hydrogens (tertiary/aromatic N) is 1. The van der Waals surface area contributed by atoms with Crippen LogP contribution in [0.1, 0.15) is 18.1 Å². The van der Waals surface area contributed by atoms with Crippen molar-refractivity contribution in [2.24, 2.45) is 4.99 Å². The molecule has 1 heterocycles. The quantitative estimate of drug-likeness (QED) is 0.227. The third kappa shape index (κ3) is 4.97. The number of benzene rings is 2. The highest BCUT2D eigenvalue weighted by Crippen LogP contribution is 2.35. The molecule has 29 heavy (non-hydrogen) atoms. The van der Waals surface area contributed by atoms with E-state index in [0.717, 1.165) is 9.13 Å². The lowest BCUT2D eigenvalue weighted by atomic mass is 10.1. The van der Waals surface area contributed by atoms with Crippen molar-refractivity contribution in [2.75, 3.05) is 20.3 Å². The van der Waals surface area contributed by atoms with E-state index >= 15 is 0 Å². The zero-order chi connectivity index (χ0) is 20.8. The first kappa shape index (κ1) is 20.9. The number of hydrogen-bond acceptors (Lipinski definition) is 6. The van der Waals surface area contributed by atoms with Crippen LogP contribution in [0.4, 0.5) is 0 Å². The van der Waals surface area contributed by atoms with E-state index in [2.05, 4.69) is 34.2 Å². The van der Waals surface area contributed by atoms with Gasteiger partial charge in [0.05, 0.1) is 17.3 Å². The molecule has 0 radical (unpaired) electrons. The fourth-order valence-electron chi connectivity index (χ4n) is 2.64. The number of ether oxygens (including phenoxy) is 4. The molecule has 1 aliphatic rings. The molecule has 0 bridgehead atoms. The molecule has 7 heteroatoms. The van der Waals surface area contributed by atoms with Crippen LogP contribution in [-0.4, -0.2) is 32.2 Å². The van der Waals surface area contributed by atoms with Gasteiger partial charge in [0, 0.05) is 5.56 Å². The zero-order valence-electron chi connectivity index (χ0n) is 16.1. The number of methoxy groups -OCH3 is 1. The fraction of sp³-hybridized carbons (Fsp3) is 0.182. The van der Waals surface area contributed by atoms with E-state index in [9.17, 15) is 4.79 Å². The van der Waals surface area contributed by atoms with Crippen molar-refractivity contribution in [3.05, 3.63) is 69.4 Å². The van der Waals surface area contributed by atoms with Crippen LogP contribution < -0.4 is 14.2 Å². The predicted molar refractivity (Wildman–Crippen MR) is 120 cm³/mol. The molecule has 0 spiro atoms. The van der Waals surface area contributed by atoms with Gasteiger partial charge in [-0.2, -0.15) is 0 Å². The maximum atomic E-state index is 12.3. The van der Waals surface area contributed by atoms with Gasteiger partial charge in [0.1, 0.15) is 12.4 Å². The van der Waals surface area contributed by atoms with Crippen LogP contribution in [0.5, 0.6) is 17.2 Å². The molecular weight excluding hydrogens is 485 g/mol. The first-order valence-corrected chi connectivity index (χ1v) is 10.0. The molecule has 0 aromatic heterocycles. The summed E-state index contributed by atoms with van der Waals surface area (Å²) in [5, 5.41) is 0. The van der Waals surface area contributed by atoms with Crippen LogP contribution >= 0.6 is 22.6 Å². The molecule has 0 aliphatic carbocycles. The smallest absolute Gasteiger partial charge is 0.363 e. The van der Waals surface area contributed by atoms with Crippen molar-refractivity contribution in [2.45, 2.75) is 6.92 Å². The summed E-state index contributed by atoms with van der Waals surface area (Å²) in [6, 6.07) is 10.8. The van der Waals surface area contributed by atoms with Gasteiger partial charge in [-0.25, -0.2) is 9.79 Å². The summed E-state index contributed by atoms with van der Waals surface area (Å²) < 4.78 is 22.7. The minimum Gasteiger partial charge on any atom is -0.497 e. The van der Waals surface area contributed by atoms with Crippen LogP contribution in [0.3, 0.4) is 0 Å². The minimum atomic E-state index is -0.504. The zero-order valence-corrected chi connectivity index (χ0v) is 18.3. The lowest BCUT2D eigenvalue weighted by Gasteiger charge is -2.13. The Labute approximate surface area is 183 Å². The van der Waals surface area contributed by atoms with Gasteiger partial charge in [0.2, 0.25) is 5.90 Å². The van der Waals surface area contributed by atoms with E-state index in [1.165, 1.54) is 0 Å². The van der Waals surface area contributed by atoms with Gasteiger partial charge in [0.25, 0.3) is 0 Å². The minimum absolute atomic E-state index is 0.217. The SMILES string of the molecule is C=CCOc1c(I)cc(C=C2N=C(c3ccc(OC)cc3)OC2=O)cc1OCC. The topological polar surface area (TPSA) is 66.3 Å². The standard InChI is InChI=1S/C22H20INO5/c1-4-10-28-20-17(23)11-14(13-19(20)27-5-2)12-18-22(25)29-21(24-18)15-6-8-16(26-3)9-7-15/h4,6-9,11-13H,1,5,10H2,2-3H3. The number of carbonyl (C=O) groups excluding carboxylic acids is 1. The molecule has 2 aromatic carbocycles. The van der Waals surface area contributed by atoms with Gasteiger partial charge in [-0.3, -0.25) is 0 Å². The van der Waals surface area contributed by atoms with Gasteiger partial charge in [-0.05, 0) is 77.6 Å². The van der Waals surface area contributed by atoms with Gasteiger partial charge < -0.3 is 18.9 Å². The van der Waals surface area contributed by atoms with Crippen LogP contribution in [0.25, 0.3) is 6.08 Å².